The molecule has 1 N–H and O–H groups in total. The molecule has 3 aromatic carbocycles. The molecule has 1 aliphatic carbocycles. The third kappa shape index (κ3) is 3.32. The molecule has 4 rings (SSSR count). The average Bonchev–Trinajstić information content (AvgIpc) is 3.02. The summed E-state index contributed by atoms with van der Waals surface area (Å²) < 4.78 is 5.22. The number of carbonyl (C=O) groups excluding carboxylic acids is 1. The number of methoxy groups -OCH3 is 1. The second kappa shape index (κ2) is 7.25. The highest BCUT2D eigenvalue weighted by Gasteiger charge is 2.31. The van der Waals surface area contributed by atoms with Crippen LogP contribution in [0.2, 0.25) is 0 Å². The largest absolute Gasteiger partial charge is 0.497 e. The van der Waals surface area contributed by atoms with Gasteiger partial charge < -0.3 is 10.1 Å². The van der Waals surface area contributed by atoms with Gasteiger partial charge in [0.15, 0.2) is 0 Å². The number of fused-ring (bicyclic) bond motifs is 3. The van der Waals surface area contributed by atoms with Crippen LogP contribution in [0, 0.1) is 0 Å². The summed E-state index contributed by atoms with van der Waals surface area (Å²) in [7, 11) is 3.61. The molecular weight excluding hydrogens is 336 g/mol. The summed E-state index contributed by atoms with van der Waals surface area (Å²) in [5, 5.41) is 2.96. The van der Waals surface area contributed by atoms with E-state index in [4.69, 9.17) is 4.74 Å². The van der Waals surface area contributed by atoms with Crippen molar-refractivity contribution in [3.63, 3.8) is 0 Å². The van der Waals surface area contributed by atoms with Gasteiger partial charge in [-0.05, 0) is 41.4 Å². The van der Waals surface area contributed by atoms with Crippen LogP contribution in [0.1, 0.15) is 17.2 Å². The Kier molecular flexibility index (Phi) is 4.65. The first-order valence-electron chi connectivity index (χ1n) is 9.00. The molecule has 3 aromatic rings. The predicted octanol–water partition coefficient (Wildman–Crippen LogP) is 4.34. The van der Waals surface area contributed by atoms with Gasteiger partial charge in [-0.2, -0.15) is 0 Å². The molecule has 4 heteroatoms. The lowest BCUT2D eigenvalue weighted by Crippen LogP contribution is -2.33. The number of carbonyl (C=O) groups is 1. The summed E-state index contributed by atoms with van der Waals surface area (Å²) in [4.78, 5) is 14.7. The van der Waals surface area contributed by atoms with Crippen LogP contribution in [0.25, 0.3) is 11.1 Å². The fraction of sp³-hybridized carbons (Fsp3) is 0.174. The van der Waals surface area contributed by atoms with Crippen molar-refractivity contribution in [1.82, 2.24) is 4.90 Å². The van der Waals surface area contributed by atoms with Gasteiger partial charge in [0.1, 0.15) is 5.75 Å². The van der Waals surface area contributed by atoms with E-state index in [1.807, 2.05) is 31.3 Å². The molecule has 136 valence electrons. The van der Waals surface area contributed by atoms with Gasteiger partial charge >= 0.3 is 0 Å². The fourth-order valence-corrected chi connectivity index (χ4v) is 3.82. The minimum atomic E-state index is -0.0485. The monoisotopic (exact) mass is 358 g/mol. The van der Waals surface area contributed by atoms with Crippen molar-refractivity contribution in [2.45, 2.75) is 6.04 Å². The summed E-state index contributed by atoms with van der Waals surface area (Å²) in [5.74, 6) is 0.674. The number of rotatable bonds is 5. The summed E-state index contributed by atoms with van der Waals surface area (Å²) in [5.41, 5.74) is 5.72. The number of benzene rings is 3. The molecule has 27 heavy (non-hydrogen) atoms. The van der Waals surface area contributed by atoms with Gasteiger partial charge in [0.25, 0.3) is 0 Å². The van der Waals surface area contributed by atoms with E-state index < -0.39 is 0 Å². The average molecular weight is 358 g/mol. The first kappa shape index (κ1) is 17.3. The van der Waals surface area contributed by atoms with Crippen LogP contribution in [-0.2, 0) is 4.79 Å². The summed E-state index contributed by atoms with van der Waals surface area (Å²) >= 11 is 0. The SMILES string of the molecule is COc1cccc(NC(=O)CN(C)C2c3ccccc3-c3ccccc32)c1. The van der Waals surface area contributed by atoms with E-state index in [0.717, 1.165) is 11.4 Å². The lowest BCUT2D eigenvalue weighted by molar-refractivity contribution is -0.117. The van der Waals surface area contributed by atoms with E-state index in [1.54, 1.807) is 7.11 Å². The number of nitrogens with zero attached hydrogens (tertiary/aromatic N) is 1. The van der Waals surface area contributed by atoms with Crippen molar-refractivity contribution in [3.8, 4) is 16.9 Å². The lowest BCUT2D eigenvalue weighted by atomic mass is 10.0. The topological polar surface area (TPSA) is 41.6 Å². The highest BCUT2D eigenvalue weighted by atomic mass is 16.5. The van der Waals surface area contributed by atoms with Crippen molar-refractivity contribution in [2.24, 2.45) is 0 Å². The Balaban J connectivity index is 1.54. The van der Waals surface area contributed by atoms with E-state index in [0.29, 0.717) is 6.54 Å². The fourth-order valence-electron chi connectivity index (χ4n) is 3.82. The van der Waals surface area contributed by atoms with Gasteiger partial charge in [-0.1, -0.05) is 54.6 Å². The van der Waals surface area contributed by atoms with Crippen LogP contribution in [0.15, 0.2) is 72.8 Å². The van der Waals surface area contributed by atoms with Crippen molar-refractivity contribution in [2.75, 3.05) is 26.0 Å². The van der Waals surface area contributed by atoms with Crippen LogP contribution in [-0.4, -0.2) is 31.5 Å². The molecule has 1 amide bonds. The maximum atomic E-state index is 12.6. The third-order valence-corrected chi connectivity index (χ3v) is 4.99. The van der Waals surface area contributed by atoms with Crippen LogP contribution in [0.3, 0.4) is 0 Å². The van der Waals surface area contributed by atoms with Crippen LogP contribution in [0.5, 0.6) is 5.75 Å². The molecule has 0 spiro atoms. The first-order valence-corrected chi connectivity index (χ1v) is 9.00. The Bertz CT molecular complexity index is 938. The quantitative estimate of drug-likeness (QED) is 0.738. The van der Waals surface area contributed by atoms with Crippen LogP contribution < -0.4 is 10.1 Å². The normalized spacial score (nSPS) is 12.6. The van der Waals surface area contributed by atoms with E-state index in [1.165, 1.54) is 22.3 Å². The lowest BCUT2D eigenvalue weighted by Gasteiger charge is -2.25. The number of anilines is 1. The molecule has 0 aliphatic heterocycles. The molecule has 0 aromatic heterocycles. The molecule has 0 saturated carbocycles. The summed E-state index contributed by atoms with van der Waals surface area (Å²) in [6, 6.07) is 24.3. The predicted molar refractivity (Wildman–Crippen MR) is 108 cm³/mol. The van der Waals surface area contributed by atoms with E-state index >= 15 is 0 Å². The zero-order chi connectivity index (χ0) is 18.8. The Hall–Kier alpha value is -3.11. The highest BCUT2D eigenvalue weighted by Crippen LogP contribution is 2.45. The molecule has 0 radical (unpaired) electrons. The van der Waals surface area contributed by atoms with Gasteiger partial charge in [0.2, 0.25) is 5.91 Å². The molecule has 0 saturated heterocycles. The van der Waals surface area contributed by atoms with Crippen molar-refractivity contribution >= 4 is 11.6 Å². The number of likely N-dealkylation sites (N-methyl/N-ethyl adjacent to an activating group) is 1. The maximum absolute atomic E-state index is 12.6. The Morgan fingerprint density at radius 1 is 0.963 bits per heavy atom. The van der Waals surface area contributed by atoms with Gasteiger partial charge in [0, 0.05) is 11.8 Å². The van der Waals surface area contributed by atoms with Crippen molar-refractivity contribution in [3.05, 3.63) is 83.9 Å². The number of amides is 1. The molecule has 0 unspecified atom stereocenters. The maximum Gasteiger partial charge on any atom is 0.238 e. The van der Waals surface area contributed by atoms with Crippen molar-refractivity contribution in [1.29, 1.82) is 0 Å². The Morgan fingerprint density at radius 3 is 2.22 bits per heavy atom. The van der Waals surface area contributed by atoms with Crippen LogP contribution in [0.4, 0.5) is 5.69 Å². The zero-order valence-electron chi connectivity index (χ0n) is 15.5. The Morgan fingerprint density at radius 2 is 1.59 bits per heavy atom. The molecule has 1 aliphatic rings. The van der Waals surface area contributed by atoms with Crippen LogP contribution >= 0.6 is 0 Å². The van der Waals surface area contributed by atoms with Gasteiger partial charge in [0.05, 0.1) is 19.7 Å². The zero-order valence-corrected chi connectivity index (χ0v) is 15.5. The highest BCUT2D eigenvalue weighted by molar-refractivity contribution is 5.92. The second-order valence-electron chi connectivity index (χ2n) is 6.77. The Labute approximate surface area is 159 Å². The van der Waals surface area contributed by atoms with E-state index in [2.05, 4.69) is 58.7 Å². The van der Waals surface area contributed by atoms with E-state index in [9.17, 15) is 4.79 Å². The number of ether oxygens (including phenoxy) is 1. The molecule has 0 bridgehead atoms. The molecular formula is C23H22N2O2. The first-order chi connectivity index (χ1) is 13.2. The molecule has 0 atom stereocenters. The molecule has 0 fully saturated rings. The standard InChI is InChI=1S/C23H22N2O2/c1-25(15-22(26)24-16-8-7-9-17(14-16)27-2)23-20-12-5-3-10-18(20)19-11-4-6-13-21(19)23/h3-14,23H,15H2,1-2H3,(H,24,26). The molecule has 0 heterocycles. The minimum absolute atomic E-state index is 0.0485. The summed E-state index contributed by atoms with van der Waals surface area (Å²) in [6.45, 7) is 0.296. The van der Waals surface area contributed by atoms with Gasteiger partial charge in [-0.25, -0.2) is 0 Å². The van der Waals surface area contributed by atoms with E-state index in [-0.39, 0.29) is 11.9 Å². The number of hydrogen-bond donors (Lipinski definition) is 1. The smallest absolute Gasteiger partial charge is 0.238 e. The van der Waals surface area contributed by atoms with Crippen molar-refractivity contribution < 1.29 is 9.53 Å². The summed E-state index contributed by atoms with van der Waals surface area (Å²) in [6.07, 6.45) is 0. The third-order valence-electron chi connectivity index (χ3n) is 4.99. The second-order valence-corrected chi connectivity index (χ2v) is 6.77. The molecule has 4 nitrogen and oxygen atoms in total. The number of hydrogen-bond acceptors (Lipinski definition) is 3. The van der Waals surface area contributed by atoms with Gasteiger partial charge in [-0.15, -0.1) is 0 Å². The number of nitrogens with one attached hydrogen (secondary N) is 1. The van der Waals surface area contributed by atoms with Gasteiger partial charge in [-0.3, -0.25) is 9.69 Å². The minimum Gasteiger partial charge on any atom is -0.497 e.